The summed E-state index contributed by atoms with van der Waals surface area (Å²) >= 11 is 0. The largest absolute Gasteiger partial charge is 0.493 e. The molecule has 0 spiro atoms. The molecule has 1 saturated carbocycles. The van der Waals surface area contributed by atoms with Crippen LogP contribution in [0.3, 0.4) is 0 Å². The molecule has 0 radical (unpaired) electrons. The van der Waals surface area contributed by atoms with Crippen molar-refractivity contribution >= 4 is 5.96 Å². The Morgan fingerprint density at radius 2 is 2.04 bits per heavy atom. The first kappa shape index (κ1) is 18.1. The number of nitrogens with one attached hydrogen (secondary N) is 2. The summed E-state index contributed by atoms with van der Waals surface area (Å²) in [4.78, 5) is 7.16. The fourth-order valence-electron chi connectivity index (χ4n) is 3.21. The van der Waals surface area contributed by atoms with E-state index < -0.39 is 0 Å². The van der Waals surface area contributed by atoms with Gasteiger partial charge in [0.25, 0.3) is 0 Å². The average Bonchev–Trinajstić information content (AvgIpc) is 3.36. The van der Waals surface area contributed by atoms with Crippen LogP contribution < -0.4 is 15.4 Å². The second-order valence-corrected chi connectivity index (χ2v) is 7.36. The van der Waals surface area contributed by atoms with Crippen molar-refractivity contribution in [3.8, 4) is 5.75 Å². The first-order valence-electron chi connectivity index (χ1n) is 9.66. The molecule has 1 aliphatic heterocycles. The summed E-state index contributed by atoms with van der Waals surface area (Å²) in [5, 5.41) is 6.86. The molecule has 5 nitrogen and oxygen atoms in total. The van der Waals surface area contributed by atoms with Crippen LogP contribution in [0, 0.1) is 11.8 Å². The summed E-state index contributed by atoms with van der Waals surface area (Å²) in [7, 11) is 2.19. The maximum atomic E-state index is 5.99. The van der Waals surface area contributed by atoms with Gasteiger partial charge in [-0.15, -0.1) is 0 Å². The third-order valence-corrected chi connectivity index (χ3v) is 4.94. The maximum absolute atomic E-state index is 5.99. The number of nitrogens with zero attached hydrogens (tertiary/aromatic N) is 2. The molecule has 1 aromatic carbocycles. The van der Waals surface area contributed by atoms with Gasteiger partial charge in [-0.25, -0.2) is 4.99 Å². The van der Waals surface area contributed by atoms with Gasteiger partial charge in [-0.05, 0) is 57.7 Å². The molecule has 5 heteroatoms. The molecule has 2 aliphatic rings. The van der Waals surface area contributed by atoms with Gasteiger partial charge < -0.3 is 20.3 Å². The fraction of sp³-hybridized carbons (Fsp3) is 0.650. The predicted octanol–water partition coefficient (Wildman–Crippen LogP) is 2.48. The minimum Gasteiger partial charge on any atom is -0.493 e. The zero-order valence-corrected chi connectivity index (χ0v) is 15.6. The highest BCUT2D eigenvalue weighted by Gasteiger charge is 2.22. The van der Waals surface area contributed by atoms with Crippen LogP contribution in [0.15, 0.2) is 29.3 Å². The molecule has 0 amide bonds. The molecule has 3 rings (SSSR count). The molecule has 1 aliphatic carbocycles. The third-order valence-electron chi connectivity index (χ3n) is 4.94. The summed E-state index contributed by atoms with van der Waals surface area (Å²) in [5.74, 6) is 3.35. The molecule has 0 aromatic heterocycles. The van der Waals surface area contributed by atoms with E-state index in [2.05, 4.69) is 47.7 Å². The highest BCUT2D eigenvalue weighted by atomic mass is 16.5. The molecule has 2 N–H and O–H groups in total. The number of para-hydroxylation sites is 1. The van der Waals surface area contributed by atoms with Gasteiger partial charge in [0.2, 0.25) is 0 Å². The lowest BCUT2D eigenvalue weighted by molar-refractivity contribution is 0.297. The third kappa shape index (κ3) is 5.92. The first-order chi connectivity index (χ1) is 12.2. The van der Waals surface area contributed by atoms with E-state index in [0.29, 0.717) is 12.5 Å². The summed E-state index contributed by atoms with van der Waals surface area (Å²) in [6, 6.07) is 8.27. The van der Waals surface area contributed by atoms with Gasteiger partial charge in [0.05, 0.1) is 13.2 Å². The van der Waals surface area contributed by atoms with Crippen LogP contribution in [0.5, 0.6) is 5.75 Å². The smallest absolute Gasteiger partial charge is 0.191 e. The van der Waals surface area contributed by atoms with Gasteiger partial charge in [-0.2, -0.15) is 0 Å². The van der Waals surface area contributed by atoms with Crippen molar-refractivity contribution in [3.63, 3.8) is 0 Å². The van der Waals surface area contributed by atoms with E-state index in [-0.39, 0.29) is 0 Å². The Kier molecular flexibility index (Phi) is 6.56. The van der Waals surface area contributed by atoms with Crippen LogP contribution in [0.2, 0.25) is 0 Å². The summed E-state index contributed by atoms with van der Waals surface area (Å²) in [5.41, 5.74) is 1.15. The molecule has 1 saturated heterocycles. The van der Waals surface area contributed by atoms with Crippen molar-refractivity contribution in [2.75, 3.05) is 39.8 Å². The minimum absolute atomic E-state index is 0.640. The highest BCUT2D eigenvalue weighted by Crippen LogP contribution is 2.30. The number of benzene rings is 1. The number of hydrogen-bond donors (Lipinski definition) is 2. The standard InChI is InChI=1S/C20H32N4O/c1-3-21-20(22-12-17-10-11-24(2)14-17)23-13-18-6-4-5-7-19(18)25-15-16-8-9-16/h4-7,16-17H,3,8-15H2,1-2H3,(H2,21,22,23). The maximum Gasteiger partial charge on any atom is 0.191 e. The summed E-state index contributed by atoms with van der Waals surface area (Å²) < 4.78 is 5.99. The van der Waals surface area contributed by atoms with Crippen LogP contribution >= 0.6 is 0 Å². The normalized spacial score (nSPS) is 21.4. The van der Waals surface area contributed by atoms with Crippen molar-refractivity contribution in [1.29, 1.82) is 0 Å². The van der Waals surface area contributed by atoms with E-state index in [4.69, 9.17) is 9.73 Å². The van der Waals surface area contributed by atoms with Crippen molar-refractivity contribution in [2.45, 2.75) is 32.7 Å². The Morgan fingerprint density at radius 3 is 2.76 bits per heavy atom. The molecule has 25 heavy (non-hydrogen) atoms. The van der Waals surface area contributed by atoms with Gasteiger partial charge in [0, 0.05) is 25.2 Å². The van der Waals surface area contributed by atoms with Crippen LogP contribution in [0.4, 0.5) is 0 Å². The zero-order chi connectivity index (χ0) is 17.5. The van der Waals surface area contributed by atoms with Gasteiger partial charge in [-0.1, -0.05) is 18.2 Å². The van der Waals surface area contributed by atoms with Gasteiger partial charge in [0.15, 0.2) is 5.96 Å². The fourth-order valence-corrected chi connectivity index (χ4v) is 3.21. The van der Waals surface area contributed by atoms with Gasteiger partial charge >= 0.3 is 0 Å². The van der Waals surface area contributed by atoms with E-state index in [1.165, 1.54) is 32.4 Å². The Hall–Kier alpha value is -1.75. The van der Waals surface area contributed by atoms with Crippen molar-refractivity contribution in [3.05, 3.63) is 29.8 Å². The molecule has 1 atom stereocenters. The van der Waals surface area contributed by atoms with E-state index in [9.17, 15) is 0 Å². The van der Waals surface area contributed by atoms with E-state index in [1.807, 2.05) is 6.07 Å². The van der Waals surface area contributed by atoms with Crippen LogP contribution in [0.25, 0.3) is 0 Å². The molecule has 1 heterocycles. The van der Waals surface area contributed by atoms with Gasteiger partial charge in [0.1, 0.15) is 5.75 Å². The number of rotatable bonds is 8. The second-order valence-electron chi connectivity index (χ2n) is 7.36. The number of likely N-dealkylation sites (tertiary alicyclic amines) is 1. The number of guanidine groups is 1. The lowest BCUT2D eigenvalue weighted by Gasteiger charge is -2.16. The van der Waals surface area contributed by atoms with Crippen molar-refractivity contribution < 1.29 is 4.74 Å². The first-order valence-corrected chi connectivity index (χ1v) is 9.66. The molecule has 138 valence electrons. The van der Waals surface area contributed by atoms with Crippen LogP contribution in [-0.2, 0) is 6.54 Å². The van der Waals surface area contributed by atoms with Crippen molar-refractivity contribution in [2.24, 2.45) is 16.8 Å². The van der Waals surface area contributed by atoms with Crippen molar-refractivity contribution in [1.82, 2.24) is 15.5 Å². The van der Waals surface area contributed by atoms with E-state index in [0.717, 1.165) is 42.9 Å². The number of hydrogen-bond acceptors (Lipinski definition) is 3. The summed E-state index contributed by atoms with van der Waals surface area (Å²) in [6.45, 7) is 7.81. The Bertz CT molecular complexity index is 571. The highest BCUT2D eigenvalue weighted by molar-refractivity contribution is 5.79. The van der Waals surface area contributed by atoms with Gasteiger partial charge in [-0.3, -0.25) is 0 Å². The monoisotopic (exact) mass is 344 g/mol. The quantitative estimate of drug-likeness (QED) is 0.562. The number of aliphatic imine (C=N–C) groups is 1. The van der Waals surface area contributed by atoms with Crippen LogP contribution in [-0.4, -0.2) is 50.7 Å². The van der Waals surface area contributed by atoms with E-state index in [1.54, 1.807) is 0 Å². The lowest BCUT2D eigenvalue weighted by atomic mass is 10.1. The Labute approximate surface area is 151 Å². The second kappa shape index (κ2) is 9.09. The molecule has 0 bridgehead atoms. The molecule has 1 aromatic rings. The predicted molar refractivity (Wildman–Crippen MR) is 103 cm³/mol. The zero-order valence-electron chi connectivity index (χ0n) is 15.6. The molecular formula is C20H32N4O. The lowest BCUT2D eigenvalue weighted by Crippen LogP contribution is -2.40. The Morgan fingerprint density at radius 1 is 1.20 bits per heavy atom. The topological polar surface area (TPSA) is 48.9 Å². The molecule has 2 fully saturated rings. The number of ether oxygens (including phenoxy) is 1. The average molecular weight is 345 g/mol. The van der Waals surface area contributed by atoms with E-state index >= 15 is 0 Å². The summed E-state index contributed by atoms with van der Waals surface area (Å²) in [6.07, 6.45) is 3.89. The Balaban J connectivity index is 1.54. The SMILES string of the molecule is CCNC(=NCc1ccccc1OCC1CC1)NCC1CCN(C)C1. The molecular weight excluding hydrogens is 312 g/mol. The van der Waals surface area contributed by atoms with Crippen LogP contribution in [0.1, 0.15) is 31.7 Å². The molecule has 1 unspecified atom stereocenters. The minimum atomic E-state index is 0.640.